The number of aromatic carboxylic acids is 1. The largest absolute Gasteiger partial charge is 0.502 e. The van der Waals surface area contributed by atoms with Gasteiger partial charge in [0, 0.05) is 25.5 Å². The first kappa shape index (κ1) is 19.4. The number of carbonyl (C=O) groups is 2. The average molecular weight is 388 g/mol. The zero-order valence-corrected chi connectivity index (χ0v) is 15.5. The molecule has 2 aromatic rings. The van der Waals surface area contributed by atoms with E-state index in [1.54, 1.807) is 11.1 Å². The van der Waals surface area contributed by atoms with E-state index >= 15 is 0 Å². The van der Waals surface area contributed by atoms with Gasteiger partial charge in [0.1, 0.15) is 12.2 Å². The Labute approximate surface area is 160 Å². The summed E-state index contributed by atoms with van der Waals surface area (Å²) >= 11 is 0. The van der Waals surface area contributed by atoms with Gasteiger partial charge >= 0.3 is 5.97 Å². The molecule has 0 aromatic carbocycles. The molecule has 0 radical (unpaired) electrons. The molecule has 0 fully saturated rings. The molecular weight excluding hydrogens is 368 g/mol. The third kappa shape index (κ3) is 3.54. The van der Waals surface area contributed by atoms with Crippen LogP contribution in [0.3, 0.4) is 0 Å². The predicted octanol–water partition coefficient (Wildman–Crippen LogP) is 0.153. The highest BCUT2D eigenvalue weighted by Gasteiger charge is 2.34. The number of carboxylic acids is 1. The van der Waals surface area contributed by atoms with Gasteiger partial charge in [-0.1, -0.05) is 6.07 Å². The van der Waals surface area contributed by atoms with Gasteiger partial charge in [-0.3, -0.25) is 24.3 Å². The van der Waals surface area contributed by atoms with Crippen LogP contribution in [-0.2, 0) is 11.3 Å². The van der Waals surface area contributed by atoms with Crippen LogP contribution in [0.2, 0.25) is 0 Å². The van der Waals surface area contributed by atoms with Crippen LogP contribution in [0.15, 0.2) is 29.2 Å². The Balaban J connectivity index is 2.11. The Morgan fingerprint density at radius 1 is 1.32 bits per heavy atom. The zero-order chi connectivity index (χ0) is 20.4. The van der Waals surface area contributed by atoms with Crippen LogP contribution in [0, 0.1) is 6.92 Å². The summed E-state index contributed by atoms with van der Waals surface area (Å²) in [5.74, 6) is -2.97. The molecule has 3 rings (SSSR count). The molecule has 1 amide bonds. The van der Waals surface area contributed by atoms with Crippen LogP contribution in [0.25, 0.3) is 0 Å². The van der Waals surface area contributed by atoms with Crippen molar-refractivity contribution in [3.05, 3.63) is 57.3 Å². The number of carboxylic acid groups (broad SMARTS) is 1. The Kier molecular flexibility index (Phi) is 5.32. The van der Waals surface area contributed by atoms with E-state index in [9.17, 15) is 24.6 Å². The summed E-state index contributed by atoms with van der Waals surface area (Å²) in [6, 6.07) is 5.47. The van der Waals surface area contributed by atoms with Crippen LogP contribution in [0.1, 0.15) is 32.2 Å². The molecule has 148 valence electrons. The van der Waals surface area contributed by atoms with E-state index in [1.807, 2.05) is 19.1 Å². The van der Waals surface area contributed by atoms with Crippen LogP contribution in [0.5, 0.6) is 5.75 Å². The monoisotopic (exact) mass is 388 g/mol. The highest BCUT2D eigenvalue weighted by molar-refractivity contribution is 5.97. The standard InChI is InChI=1S/C18H20N4O6/c1-11-4-3-5-12(19-11)8-21-10-20(6-7-28-2)17(25)14-16(24)15(23)13(18(26)27)9-22(14)21/h3-5,9,24H,6-8,10H2,1-2H3,(H,26,27). The van der Waals surface area contributed by atoms with Gasteiger partial charge in [0.25, 0.3) is 5.91 Å². The molecule has 0 aliphatic carbocycles. The van der Waals surface area contributed by atoms with Crippen molar-refractivity contribution in [2.45, 2.75) is 13.5 Å². The number of amides is 1. The maximum Gasteiger partial charge on any atom is 0.341 e. The first-order valence-electron chi connectivity index (χ1n) is 8.51. The average Bonchev–Trinajstić information content (AvgIpc) is 2.65. The summed E-state index contributed by atoms with van der Waals surface area (Å²) in [5, 5.41) is 21.2. The Bertz CT molecular complexity index is 987. The topological polar surface area (TPSA) is 125 Å². The van der Waals surface area contributed by atoms with Crippen molar-refractivity contribution >= 4 is 11.9 Å². The van der Waals surface area contributed by atoms with E-state index in [1.165, 1.54) is 16.7 Å². The molecule has 0 spiro atoms. The maximum atomic E-state index is 12.8. The molecule has 0 saturated heterocycles. The van der Waals surface area contributed by atoms with Crippen LogP contribution in [0.4, 0.5) is 0 Å². The lowest BCUT2D eigenvalue weighted by atomic mass is 10.2. The number of ether oxygens (including phenoxy) is 1. The third-order valence-corrected chi connectivity index (χ3v) is 4.38. The summed E-state index contributed by atoms with van der Waals surface area (Å²) in [6.45, 7) is 2.67. The van der Waals surface area contributed by atoms with E-state index in [0.717, 1.165) is 11.9 Å². The number of hydrogen-bond acceptors (Lipinski definition) is 7. The minimum atomic E-state index is -1.49. The van der Waals surface area contributed by atoms with E-state index in [4.69, 9.17) is 4.74 Å². The molecule has 0 atom stereocenters. The van der Waals surface area contributed by atoms with Crippen molar-refractivity contribution in [2.24, 2.45) is 0 Å². The van der Waals surface area contributed by atoms with Gasteiger partial charge in [0.05, 0.1) is 18.8 Å². The fourth-order valence-corrected chi connectivity index (χ4v) is 3.02. The van der Waals surface area contributed by atoms with E-state index < -0.39 is 28.6 Å². The van der Waals surface area contributed by atoms with Gasteiger partial charge in [-0.15, -0.1) is 0 Å². The number of aromatic hydroxyl groups is 1. The molecule has 10 heteroatoms. The summed E-state index contributed by atoms with van der Waals surface area (Å²) in [7, 11) is 1.50. The molecule has 2 N–H and O–H groups in total. The highest BCUT2D eigenvalue weighted by atomic mass is 16.5. The number of hydrogen-bond donors (Lipinski definition) is 2. The molecular formula is C18H20N4O6. The quantitative estimate of drug-likeness (QED) is 0.717. The number of carbonyl (C=O) groups excluding carboxylic acids is 1. The second-order valence-corrected chi connectivity index (χ2v) is 6.36. The van der Waals surface area contributed by atoms with Gasteiger partial charge in [0.2, 0.25) is 5.43 Å². The molecule has 28 heavy (non-hydrogen) atoms. The minimum absolute atomic E-state index is 0.103. The Morgan fingerprint density at radius 3 is 2.71 bits per heavy atom. The number of fused-ring (bicyclic) bond motifs is 1. The van der Waals surface area contributed by atoms with Crippen molar-refractivity contribution in [1.29, 1.82) is 0 Å². The summed E-state index contributed by atoms with van der Waals surface area (Å²) < 4.78 is 6.24. The summed E-state index contributed by atoms with van der Waals surface area (Å²) in [4.78, 5) is 42.2. The second-order valence-electron chi connectivity index (χ2n) is 6.36. The molecule has 0 bridgehead atoms. The molecule has 2 aromatic heterocycles. The van der Waals surface area contributed by atoms with Crippen LogP contribution < -0.4 is 10.4 Å². The molecule has 0 saturated carbocycles. The van der Waals surface area contributed by atoms with Gasteiger partial charge in [-0.05, 0) is 19.1 Å². The number of aryl methyl sites for hydroxylation is 1. The fourth-order valence-electron chi connectivity index (χ4n) is 3.02. The van der Waals surface area contributed by atoms with Crippen molar-refractivity contribution in [3.8, 4) is 5.75 Å². The first-order valence-corrected chi connectivity index (χ1v) is 8.51. The number of aromatic nitrogens is 2. The van der Waals surface area contributed by atoms with Crippen molar-refractivity contribution in [1.82, 2.24) is 14.6 Å². The SMILES string of the molecule is COCCN1CN(Cc2cccc(C)n2)n2cc(C(=O)O)c(=O)c(O)c2C1=O. The number of nitrogens with zero attached hydrogens (tertiary/aromatic N) is 4. The van der Waals surface area contributed by atoms with Gasteiger partial charge in [-0.2, -0.15) is 0 Å². The highest BCUT2D eigenvalue weighted by Crippen LogP contribution is 2.22. The van der Waals surface area contributed by atoms with Crippen LogP contribution in [-0.4, -0.2) is 63.6 Å². The van der Waals surface area contributed by atoms with E-state index in [2.05, 4.69) is 4.98 Å². The molecule has 1 aliphatic rings. The normalized spacial score (nSPS) is 13.6. The smallest absolute Gasteiger partial charge is 0.341 e. The maximum absolute atomic E-state index is 12.8. The lowest BCUT2D eigenvalue weighted by molar-refractivity contribution is 0.0613. The number of pyridine rings is 2. The molecule has 0 unspecified atom stereocenters. The Morgan fingerprint density at radius 2 is 2.07 bits per heavy atom. The predicted molar refractivity (Wildman–Crippen MR) is 98.0 cm³/mol. The first-order chi connectivity index (χ1) is 13.3. The lowest BCUT2D eigenvalue weighted by Gasteiger charge is -2.39. The second kappa shape index (κ2) is 7.69. The molecule has 1 aliphatic heterocycles. The number of rotatable bonds is 6. The van der Waals surface area contributed by atoms with Gasteiger partial charge in [0.15, 0.2) is 11.4 Å². The van der Waals surface area contributed by atoms with E-state index in [-0.39, 0.29) is 32.1 Å². The molecule has 3 heterocycles. The third-order valence-electron chi connectivity index (χ3n) is 4.38. The minimum Gasteiger partial charge on any atom is -0.502 e. The fraction of sp³-hybridized carbons (Fsp3) is 0.333. The number of methoxy groups -OCH3 is 1. The van der Waals surface area contributed by atoms with Gasteiger partial charge < -0.3 is 19.8 Å². The molecule has 10 nitrogen and oxygen atoms in total. The van der Waals surface area contributed by atoms with Crippen LogP contribution >= 0.6 is 0 Å². The van der Waals surface area contributed by atoms with Gasteiger partial charge in [-0.25, -0.2) is 4.79 Å². The summed E-state index contributed by atoms with van der Waals surface area (Å²) in [6.07, 6.45) is 1.06. The van der Waals surface area contributed by atoms with Crippen molar-refractivity contribution < 1.29 is 24.5 Å². The Hall–Kier alpha value is -3.40. The van der Waals surface area contributed by atoms with Crippen molar-refractivity contribution in [2.75, 3.05) is 31.9 Å². The van der Waals surface area contributed by atoms with Crippen molar-refractivity contribution in [3.63, 3.8) is 0 Å². The zero-order valence-electron chi connectivity index (χ0n) is 15.5. The van der Waals surface area contributed by atoms with E-state index in [0.29, 0.717) is 5.69 Å². The summed E-state index contributed by atoms with van der Waals surface area (Å²) in [5.41, 5.74) is -0.529. The lowest BCUT2D eigenvalue weighted by Crippen LogP contribution is -2.54.